The lowest BCUT2D eigenvalue weighted by Gasteiger charge is -2.38. The quantitative estimate of drug-likeness (QED) is 0.495. The van der Waals surface area contributed by atoms with Crippen molar-refractivity contribution in [2.45, 2.75) is 89.8 Å². The Morgan fingerprint density at radius 1 is 0.971 bits per heavy atom. The number of rotatable bonds is 10. The highest BCUT2D eigenvalue weighted by Crippen LogP contribution is 2.38. The van der Waals surface area contributed by atoms with Crippen LogP contribution in [0.1, 0.15) is 78.5 Å². The van der Waals surface area contributed by atoms with Crippen LogP contribution in [0.3, 0.4) is 0 Å². The van der Waals surface area contributed by atoms with Gasteiger partial charge < -0.3 is 24.5 Å². The van der Waals surface area contributed by atoms with E-state index in [0.29, 0.717) is 6.42 Å². The first kappa shape index (κ1) is 26.9. The second-order valence-electron chi connectivity index (χ2n) is 11.2. The summed E-state index contributed by atoms with van der Waals surface area (Å²) >= 11 is 0. The molecular weight excluding hydrogens is 425 g/mol. The molecule has 2 aromatic rings. The molecule has 6 heteroatoms. The zero-order valence-corrected chi connectivity index (χ0v) is 22.1. The molecule has 0 saturated carbocycles. The minimum absolute atomic E-state index is 0.166. The summed E-state index contributed by atoms with van der Waals surface area (Å²) in [6.07, 6.45) is 1.26. The second-order valence-corrected chi connectivity index (χ2v) is 11.2. The minimum Gasteiger partial charge on any atom is -0.399 e. The molecule has 1 aliphatic heterocycles. The second kappa shape index (κ2) is 10.1. The first-order valence-electron chi connectivity index (χ1n) is 12.3. The van der Waals surface area contributed by atoms with E-state index in [1.807, 2.05) is 32.0 Å². The lowest BCUT2D eigenvalue weighted by molar-refractivity contribution is -0.0828. The van der Waals surface area contributed by atoms with Gasteiger partial charge in [0.1, 0.15) is 0 Å². The van der Waals surface area contributed by atoms with Crippen molar-refractivity contribution < 1.29 is 19.2 Å². The van der Waals surface area contributed by atoms with E-state index in [1.54, 1.807) is 7.11 Å². The van der Waals surface area contributed by atoms with E-state index in [1.165, 1.54) is 5.56 Å². The van der Waals surface area contributed by atoms with Gasteiger partial charge in [-0.1, -0.05) is 54.6 Å². The highest BCUT2D eigenvalue weighted by molar-refractivity contribution is 6.62. The Bertz CT molecular complexity index is 908. The lowest BCUT2D eigenvalue weighted by Crippen LogP contribution is -2.41. The molecule has 186 valence electrons. The summed E-state index contributed by atoms with van der Waals surface area (Å²) in [7, 11) is 1.38. The summed E-state index contributed by atoms with van der Waals surface area (Å²) in [6.45, 7) is 14.9. The molecular formula is C28H42BNO4. The topological polar surface area (TPSA) is 60.0 Å². The van der Waals surface area contributed by atoms with E-state index >= 15 is 0 Å². The number of hydrogen-bond donors (Lipinski definition) is 2. The Balaban J connectivity index is 1.65. The van der Waals surface area contributed by atoms with Gasteiger partial charge in [-0.3, -0.25) is 0 Å². The molecule has 0 aromatic heterocycles. The Morgan fingerprint density at radius 3 is 2.03 bits per heavy atom. The fourth-order valence-electron chi connectivity index (χ4n) is 4.60. The highest BCUT2D eigenvalue weighted by atomic mass is 16.7. The third-order valence-corrected chi connectivity index (χ3v) is 7.35. The maximum absolute atomic E-state index is 10.6. The maximum atomic E-state index is 10.6. The van der Waals surface area contributed by atoms with Crippen LogP contribution in [0.4, 0.5) is 0 Å². The molecule has 0 spiro atoms. The van der Waals surface area contributed by atoms with Crippen molar-refractivity contribution in [1.82, 2.24) is 5.32 Å². The highest BCUT2D eigenvalue weighted by Gasteiger charge is 2.51. The maximum Gasteiger partial charge on any atom is 0.494 e. The molecule has 1 aliphatic rings. The smallest absolute Gasteiger partial charge is 0.399 e. The fraction of sp³-hybridized carbons (Fsp3) is 0.571. The Kier molecular flexibility index (Phi) is 8.01. The van der Waals surface area contributed by atoms with E-state index in [9.17, 15) is 5.11 Å². The van der Waals surface area contributed by atoms with Crippen LogP contribution >= 0.6 is 0 Å². The standard InChI is InChI=1S/C28H42BNO4/c1-21(22-14-16-24(17-15-22)29-33-26(4,5)27(6,7)34-29)30-19-18-28(32-8,20-25(2,3)31)23-12-10-9-11-13-23/h9-17,21,30-31H,18-20H2,1-8H3/t21-,28-/m0/s1. The van der Waals surface area contributed by atoms with Gasteiger partial charge in [0.25, 0.3) is 0 Å². The molecule has 1 heterocycles. The van der Waals surface area contributed by atoms with Crippen LogP contribution in [-0.4, -0.2) is 42.7 Å². The molecule has 1 saturated heterocycles. The Hall–Kier alpha value is -1.70. The van der Waals surface area contributed by atoms with Crippen LogP contribution in [0, 0.1) is 0 Å². The molecule has 0 bridgehead atoms. The summed E-state index contributed by atoms with van der Waals surface area (Å²) in [4.78, 5) is 0. The molecule has 2 aromatic carbocycles. The van der Waals surface area contributed by atoms with Gasteiger partial charge in [-0.15, -0.1) is 0 Å². The van der Waals surface area contributed by atoms with Crippen LogP contribution in [0.25, 0.3) is 0 Å². The number of hydrogen-bond acceptors (Lipinski definition) is 5. The van der Waals surface area contributed by atoms with Crippen LogP contribution in [0.15, 0.2) is 54.6 Å². The van der Waals surface area contributed by atoms with Gasteiger partial charge in [-0.2, -0.15) is 0 Å². The summed E-state index contributed by atoms with van der Waals surface area (Å²) in [5, 5.41) is 14.2. The monoisotopic (exact) mass is 467 g/mol. The van der Waals surface area contributed by atoms with Gasteiger partial charge in [0.05, 0.1) is 22.4 Å². The first-order chi connectivity index (χ1) is 15.8. The molecule has 5 nitrogen and oxygen atoms in total. The summed E-state index contributed by atoms with van der Waals surface area (Å²) in [5.74, 6) is 0. The van der Waals surface area contributed by atoms with E-state index in [-0.39, 0.29) is 24.4 Å². The molecule has 0 amide bonds. The molecule has 3 rings (SSSR count). The van der Waals surface area contributed by atoms with Gasteiger partial charge in [0, 0.05) is 19.6 Å². The van der Waals surface area contributed by atoms with E-state index < -0.39 is 11.2 Å². The average Bonchev–Trinajstić information content (AvgIpc) is 2.99. The summed E-state index contributed by atoms with van der Waals surface area (Å²) in [6, 6.07) is 18.8. The van der Waals surface area contributed by atoms with Crippen molar-refractivity contribution in [3.05, 3.63) is 65.7 Å². The van der Waals surface area contributed by atoms with Crippen molar-refractivity contribution in [2.75, 3.05) is 13.7 Å². The van der Waals surface area contributed by atoms with Gasteiger partial charge in [0.15, 0.2) is 0 Å². The Labute approximate surface area is 206 Å². The predicted octanol–water partition coefficient (Wildman–Crippen LogP) is 4.73. The number of benzene rings is 2. The van der Waals surface area contributed by atoms with Crippen molar-refractivity contribution >= 4 is 12.6 Å². The van der Waals surface area contributed by atoms with Crippen LogP contribution in [0.2, 0.25) is 0 Å². The number of aliphatic hydroxyl groups is 1. The summed E-state index contributed by atoms with van der Waals surface area (Å²) in [5.41, 5.74) is 1.21. The minimum atomic E-state index is -0.846. The lowest BCUT2D eigenvalue weighted by atomic mass is 9.78. The van der Waals surface area contributed by atoms with Crippen LogP contribution < -0.4 is 10.8 Å². The largest absolute Gasteiger partial charge is 0.494 e. The average molecular weight is 467 g/mol. The molecule has 2 N–H and O–H groups in total. The van der Waals surface area contributed by atoms with E-state index in [2.05, 4.69) is 76.3 Å². The Morgan fingerprint density at radius 2 is 1.53 bits per heavy atom. The molecule has 34 heavy (non-hydrogen) atoms. The van der Waals surface area contributed by atoms with Crippen LogP contribution in [-0.2, 0) is 19.6 Å². The van der Waals surface area contributed by atoms with Gasteiger partial charge >= 0.3 is 7.12 Å². The van der Waals surface area contributed by atoms with Crippen LogP contribution in [0.5, 0.6) is 0 Å². The number of nitrogens with one attached hydrogen (secondary N) is 1. The molecule has 0 aliphatic carbocycles. The van der Waals surface area contributed by atoms with Crippen molar-refractivity contribution in [1.29, 1.82) is 0 Å². The number of methoxy groups -OCH3 is 1. The van der Waals surface area contributed by atoms with Gasteiger partial charge in [-0.25, -0.2) is 0 Å². The van der Waals surface area contributed by atoms with E-state index in [0.717, 1.165) is 24.0 Å². The molecule has 0 radical (unpaired) electrons. The third kappa shape index (κ3) is 6.10. The van der Waals surface area contributed by atoms with E-state index in [4.69, 9.17) is 14.0 Å². The molecule has 0 unspecified atom stereocenters. The SMILES string of the molecule is CO[C@@](CCN[C@@H](C)c1ccc(B2OC(C)(C)C(C)(C)O2)cc1)(CC(C)(C)O)c1ccccc1. The first-order valence-corrected chi connectivity index (χ1v) is 12.3. The fourth-order valence-corrected chi connectivity index (χ4v) is 4.60. The normalized spacial score (nSPS) is 20.2. The van der Waals surface area contributed by atoms with Crippen molar-refractivity contribution in [3.8, 4) is 0 Å². The predicted molar refractivity (Wildman–Crippen MR) is 139 cm³/mol. The summed E-state index contributed by atoms with van der Waals surface area (Å²) < 4.78 is 18.4. The molecule has 2 atom stereocenters. The van der Waals surface area contributed by atoms with Crippen molar-refractivity contribution in [3.63, 3.8) is 0 Å². The zero-order chi connectivity index (χ0) is 25.2. The van der Waals surface area contributed by atoms with Gasteiger partial charge in [0.2, 0.25) is 0 Å². The third-order valence-electron chi connectivity index (χ3n) is 7.35. The van der Waals surface area contributed by atoms with Gasteiger partial charge in [-0.05, 0) is 78.0 Å². The van der Waals surface area contributed by atoms with Crippen molar-refractivity contribution in [2.24, 2.45) is 0 Å². The zero-order valence-electron chi connectivity index (χ0n) is 22.1. The molecule has 1 fully saturated rings. The number of ether oxygens (including phenoxy) is 1.